The molecule has 1 aliphatic heterocycles. The first-order valence-electron chi connectivity index (χ1n) is 8.18. The molecule has 0 spiro atoms. The molecule has 1 aromatic rings. The third-order valence-electron chi connectivity index (χ3n) is 4.74. The zero-order chi connectivity index (χ0) is 15.4. The van der Waals surface area contributed by atoms with Crippen molar-refractivity contribution in [1.82, 2.24) is 9.47 Å². The van der Waals surface area contributed by atoms with Gasteiger partial charge in [0.25, 0.3) is 0 Å². The molecule has 21 heavy (non-hydrogen) atoms. The van der Waals surface area contributed by atoms with Crippen molar-refractivity contribution in [2.24, 2.45) is 24.6 Å². The van der Waals surface area contributed by atoms with Crippen molar-refractivity contribution >= 4 is 5.91 Å². The fraction of sp³-hybridized carbons (Fsp3) is 0.706. The number of hydrogen-bond acceptors (Lipinski definition) is 2. The monoisotopic (exact) mass is 291 g/mol. The molecule has 0 radical (unpaired) electrons. The van der Waals surface area contributed by atoms with Gasteiger partial charge in [0, 0.05) is 32.0 Å². The van der Waals surface area contributed by atoms with E-state index in [0.717, 1.165) is 19.4 Å². The molecule has 0 aliphatic carbocycles. The van der Waals surface area contributed by atoms with Crippen LogP contribution in [-0.4, -0.2) is 28.5 Å². The third kappa shape index (κ3) is 3.49. The number of nitrogens with zero attached hydrogens (tertiary/aromatic N) is 2. The summed E-state index contributed by atoms with van der Waals surface area (Å²) >= 11 is 0. The molecule has 1 amide bonds. The lowest BCUT2D eigenvalue weighted by atomic mass is 9.93. The molecule has 1 saturated heterocycles. The van der Waals surface area contributed by atoms with Crippen LogP contribution in [-0.2, 0) is 11.8 Å². The van der Waals surface area contributed by atoms with Crippen LogP contribution >= 0.6 is 0 Å². The number of aryl methyl sites for hydroxylation is 1. The van der Waals surface area contributed by atoms with E-state index in [1.54, 1.807) is 0 Å². The van der Waals surface area contributed by atoms with Gasteiger partial charge in [-0.05, 0) is 30.9 Å². The smallest absolute Gasteiger partial charge is 0.227 e. The average Bonchev–Trinajstić information content (AvgIpc) is 2.73. The fourth-order valence-corrected chi connectivity index (χ4v) is 3.37. The summed E-state index contributed by atoms with van der Waals surface area (Å²) in [6.45, 7) is 5.47. The first kappa shape index (κ1) is 16.1. The number of amides is 1. The van der Waals surface area contributed by atoms with Crippen molar-refractivity contribution < 1.29 is 4.79 Å². The van der Waals surface area contributed by atoms with Crippen molar-refractivity contribution in [1.29, 1.82) is 0 Å². The summed E-state index contributed by atoms with van der Waals surface area (Å²) in [7, 11) is 2.06. The van der Waals surface area contributed by atoms with Crippen LogP contribution in [0, 0.1) is 11.8 Å². The van der Waals surface area contributed by atoms with Gasteiger partial charge >= 0.3 is 0 Å². The van der Waals surface area contributed by atoms with Gasteiger partial charge in [-0.2, -0.15) is 0 Å². The molecule has 2 atom stereocenters. The van der Waals surface area contributed by atoms with E-state index in [2.05, 4.69) is 48.7 Å². The molecular formula is C17H29N3O. The van der Waals surface area contributed by atoms with Crippen molar-refractivity contribution in [3.63, 3.8) is 0 Å². The highest BCUT2D eigenvalue weighted by Gasteiger charge is 2.33. The quantitative estimate of drug-likeness (QED) is 0.927. The van der Waals surface area contributed by atoms with E-state index in [0.29, 0.717) is 12.5 Å². The second-order valence-corrected chi connectivity index (χ2v) is 6.53. The number of rotatable bonds is 4. The largest absolute Gasteiger partial charge is 0.353 e. The Bertz CT molecular complexity index is 466. The van der Waals surface area contributed by atoms with Gasteiger partial charge in [-0.1, -0.05) is 26.7 Å². The van der Waals surface area contributed by atoms with Crippen molar-refractivity contribution in [3.05, 3.63) is 24.0 Å². The molecule has 1 aliphatic rings. The number of aromatic nitrogens is 1. The lowest BCUT2D eigenvalue weighted by Crippen LogP contribution is -2.43. The Morgan fingerprint density at radius 2 is 2.14 bits per heavy atom. The molecule has 0 bridgehead atoms. The predicted molar refractivity (Wildman–Crippen MR) is 85.7 cm³/mol. The predicted octanol–water partition coefficient (Wildman–Crippen LogP) is 2.70. The van der Waals surface area contributed by atoms with E-state index in [4.69, 9.17) is 5.73 Å². The molecule has 2 heterocycles. The zero-order valence-electron chi connectivity index (χ0n) is 13.6. The molecule has 2 unspecified atom stereocenters. The Morgan fingerprint density at radius 3 is 2.71 bits per heavy atom. The van der Waals surface area contributed by atoms with Gasteiger partial charge in [0.1, 0.15) is 0 Å². The van der Waals surface area contributed by atoms with Gasteiger partial charge in [0.05, 0.1) is 12.0 Å². The van der Waals surface area contributed by atoms with E-state index in [9.17, 15) is 4.79 Å². The average molecular weight is 291 g/mol. The second-order valence-electron chi connectivity index (χ2n) is 6.53. The Labute approximate surface area is 128 Å². The third-order valence-corrected chi connectivity index (χ3v) is 4.74. The zero-order valence-corrected chi connectivity index (χ0v) is 13.6. The normalized spacial score (nSPS) is 21.4. The highest BCUT2D eigenvalue weighted by molar-refractivity contribution is 5.79. The molecule has 0 aromatic carbocycles. The number of hydrogen-bond donors (Lipinski definition) is 1. The summed E-state index contributed by atoms with van der Waals surface area (Å²) in [6, 6.07) is 4.40. The van der Waals surface area contributed by atoms with Crippen LogP contribution in [0.3, 0.4) is 0 Å². The minimum atomic E-state index is -0.0640. The summed E-state index contributed by atoms with van der Waals surface area (Å²) in [5.74, 6) is 0.464. The van der Waals surface area contributed by atoms with Crippen LogP contribution in [0.4, 0.5) is 0 Å². The summed E-state index contributed by atoms with van der Waals surface area (Å²) in [6.07, 6.45) is 6.61. The minimum absolute atomic E-state index is 0.0640. The molecule has 1 fully saturated rings. The summed E-state index contributed by atoms with van der Waals surface area (Å²) in [5.41, 5.74) is 7.10. The standard InChI is InChI=1S/C17H29N3O/c1-13(2)14(12-18)17(21)20-11-6-4-5-8-16(20)15-9-7-10-19(15)3/h7,9-10,13-14,16H,4-6,8,11-12,18H2,1-3H3. The van der Waals surface area contributed by atoms with Crippen molar-refractivity contribution in [2.45, 2.75) is 45.6 Å². The van der Waals surface area contributed by atoms with Crippen molar-refractivity contribution in [3.8, 4) is 0 Å². The number of likely N-dealkylation sites (tertiary alicyclic amines) is 1. The molecule has 118 valence electrons. The van der Waals surface area contributed by atoms with Crippen LogP contribution < -0.4 is 5.73 Å². The highest BCUT2D eigenvalue weighted by atomic mass is 16.2. The van der Waals surface area contributed by atoms with Gasteiger partial charge in [0.2, 0.25) is 5.91 Å². The topological polar surface area (TPSA) is 51.3 Å². The number of carbonyl (C=O) groups is 1. The lowest BCUT2D eigenvalue weighted by molar-refractivity contribution is -0.139. The lowest BCUT2D eigenvalue weighted by Gasteiger charge is -2.34. The Kier molecular flexibility index (Phi) is 5.45. The van der Waals surface area contributed by atoms with Crippen LogP contribution in [0.2, 0.25) is 0 Å². The Balaban J connectivity index is 2.28. The van der Waals surface area contributed by atoms with E-state index in [1.807, 2.05) is 0 Å². The molecule has 4 heteroatoms. The maximum Gasteiger partial charge on any atom is 0.227 e. The van der Waals surface area contributed by atoms with E-state index in [1.165, 1.54) is 18.5 Å². The molecular weight excluding hydrogens is 262 g/mol. The van der Waals surface area contributed by atoms with E-state index in [-0.39, 0.29) is 17.9 Å². The summed E-state index contributed by atoms with van der Waals surface area (Å²) in [4.78, 5) is 15.1. The number of nitrogens with two attached hydrogens (primary N) is 1. The van der Waals surface area contributed by atoms with Gasteiger partial charge in [-0.15, -0.1) is 0 Å². The van der Waals surface area contributed by atoms with Crippen LogP contribution in [0.15, 0.2) is 18.3 Å². The maximum atomic E-state index is 13.0. The van der Waals surface area contributed by atoms with Crippen LogP contribution in [0.5, 0.6) is 0 Å². The molecule has 2 N–H and O–H groups in total. The number of carbonyl (C=O) groups excluding carboxylic acids is 1. The van der Waals surface area contributed by atoms with Crippen LogP contribution in [0.1, 0.15) is 51.3 Å². The summed E-state index contributed by atoms with van der Waals surface area (Å²) in [5, 5.41) is 0. The van der Waals surface area contributed by atoms with Gasteiger partial charge < -0.3 is 15.2 Å². The Morgan fingerprint density at radius 1 is 1.38 bits per heavy atom. The summed E-state index contributed by atoms with van der Waals surface area (Å²) < 4.78 is 2.14. The van der Waals surface area contributed by atoms with E-state index >= 15 is 0 Å². The van der Waals surface area contributed by atoms with Crippen LogP contribution in [0.25, 0.3) is 0 Å². The SMILES string of the molecule is CC(C)C(CN)C(=O)N1CCCCCC1c1cccn1C. The first-order chi connectivity index (χ1) is 10.1. The Hall–Kier alpha value is -1.29. The fourth-order valence-electron chi connectivity index (χ4n) is 3.37. The van der Waals surface area contributed by atoms with Gasteiger partial charge in [-0.25, -0.2) is 0 Å². The van der Waals surface area contributed by atoms with Gasteiger partial charge in [0.15, 0.2) is 0 Å². The maximum absolute atomic E-state index is 13.0. The van der Waals surface area contributed by atoms with Gasteiger partial charge in [-0.3, -0.25) is 4.79 Å². The van der Waals surface area contributed by atoms with E-state index < -0.39 is 0 Å². The minimum Gasteiger partial charge on any atom is -0.353 e. The molecule has 4 nitrogen and oxygen atoms in total. The second kappa shape index (κ2) is 7.12. The highest BCUT2D eigenvalue weighted by Crippen LogP contribution is 2.32. The molecule has 1 aromatic heterocycles. The molecule has 2 rings (SSSR count). The first-order valence-corrected chi connectivity index (χ1v) is 8.18. The molecule has 0 saturated carbocycles. The van der Waals surface area contributed by atoms with Crippen molar-refractivity contribution in [2.75, 3.05) is 13.1 Å².